The Bertz CT molecular complexity index is 792. The third kappa shape index (κ3) is 3.39. The molecule has 130 valence electrons. The summed E-state index contributed by atoms with van der Waals surface area (Å²) in [5, 5.41) is 4.75. The highest BCUT2D eigenvalue weighted by Crippen LogP contribution is 2.36. The number of benzene rings is 1. The quantitative estimate of drug-likeness (QED) is 0.884. The standard InChI is InChI=1S/C17H16N2O5S/c20-16(7-13-2-1-5-25-13)18-8-12-9-19(17(21)24-12)11-3-4-14-15(6-11)23-10-22-14/h1-6,12H,7-10H2,(H,18,20)/t12-/m0/s1. The lowest BCUT2D eigenvalue weighted by Crippen LogP contribution is -2.35. The van der Waals surface area contributed by atoms with Crippen LogP contribution < -0.4 is 19.7 Å². The molecular weight excluding hydrogens is 344 g/mol. The van der Waals surface area contributed by atoms with Gasteiger partial charge in [-0.05, 0) is 23.6 Å². The predicted molar refractivity (Wildman–Crippen MR) is 91.2 cm³/mol. The predicted octanol–water partition coefficient (Wildman–Crippen LogP) is 2.16. The molecule has 1 aromatic heterocycles. The van der Waals surface area contributed by atoms with Gasteiger partial charge in [0.2, 0.25) is 12.7 Å². The summed E-state index contributed by atoms with van der Waals surface area (Å²) >= 11 is 1.54. The van der Waals surface area contributed by atoms with E-state index in [1.165, 1.54) is 4.90 Å². The van der Waals surface area contributed by atoms with E-state index in [0.29, 0.717) is 30.2 Å². The second kappa shape index (κ2) is 6.64. The van der Waals surface area contributed by atoms with Crippen LogP contribution in [-0.4, -0.2) is 38.0 Å². The molecule has 8 heteroatoms. The van der Waals surface area contributed by atoms with Crippen LogP contribution in [0.2, 0.25) is 0 Å². The van der Waals surface area contributed by atoms with E-state index in [0.717, 1.165) is 4.88 Å². The topological polar surface area (TPSA) is 77.1 Å². The number of nitrogens with one attached hydrogen (secondary N) is 1. The summed E-state index contributed by atoms with van der Waals surface area (Å²) in [5.41, 5.74) is 0.682. The highest BCUT2D eigenvalue weighted by molar-refractivity contribution is 7.10. The van der Waals surface area contributed by atoms with Crippen LogP contribution in [0.25, 0.3) is 0 Å². The lowest BCUT2D eigenvalue weighted by atomic mass is 10.2. The minimum absolute atomic E-state index is 0.0833. The van der Waals surface area contributed by atoms with E-state index < -0.39 is 6.09 Å². The number of anilines is 1. The SMILES string of the molecule is O=C(Cc1cccs1)NC[C@H]1CN(c2ccc3c(c2)OCO3)C(=O)O1. The van der Waals surface area contributed by atoms with Crippen LogP contribution in [0.15, 0.2) is 35.7 Å². The Morgan fingerprint density at radius 1 is 1.28 bits per heavy atom. The number of carbonyl (C=O) groups is 2. The molecule has 1 aromatic carbocycles. The van der Waals surface area contributed by atoms with Gasteiger partial charge in [0, 0.05) is 10.9 Å². The molecule has 1 fully saturated rings. The van der Waals surface area contributed by atoms with Crippen molar-refractivity contribution in [3.63, 3.8) is 0 Å². The maximum absolute atomic E-state index is 12.1. The van der Waals surface area contributed by atoms with E-state index in [1.807, 2.05) is 17.5 Å². The van der Waals surface area contributed by atoms with Crippen molar-refractivity contribution in [3.05, 3.63) is 40.6 Å². The Labute approximate surface area is 148 Å². The number of amides is 2. The monoisotopic (exact) mass is 360 g/mol. The molecule has 1 saturated heterocycles. The number of rotatable bonds is 5. The molecule has 2 amide bonds. The average Bonchev–Trinajstić information content (AvgIpc) is 3.33. The molecule has 1 atom stereocenters. The van der Waals surface area contributed by atoms with Gasteiger partial charge in [-0.3, -0.25) is 9.69 Å². The van der Waals surface area contributed by atoms with Crippen molar-refractivity contribution in [2.75, 3.05) is 24.8 Å². The fourth-order valence-electron chi connectivity index (χ4n) is 2.75. The number of nitrogens with zero attached hydrogens (tertiary/aromatic N) is 1. The molecule has 25 heavy (non-hydrogen) atoms. The number of thiophene rings is 1. The van der Waals surface area contributed by atoms with Gasteiger partial charge in [-0.25, -0.2) is 4.79 Å². The summed E-state index contributed by atoms with van der Waals surface area (Å²) in [6.07, 6.45) is -0.480. The molecule has 1 N–H and O–H groups in total. The molecule has 0 spiro atoms. The summed E-state index contributed by atoms with van der Waals surface area (Å²) in [6, 6.07) is 9.13. The molecule has 0 unspecified atom stereocenters. The number of hydrogen-bond donors (Lipinski definition) is 1. The fraction of sp³-hybridized carbons (Fsp3) is 0.294. The van der Waals surface area contributed by atoms with E-state index in [1.54, 1.807) is 29.5 Å². The Morgan fingerprint density at radius 2 is 2.16 bits per heavy atom. The molecule has 0 bridgehead atoms. The normalized spacial score (nSPS) is 18.3. The van der Waals surface area contributed by atoms with Gasteiger partial charge in [-0.1, -0.05) is 6.07 Å². The summed E-state index contributed by atoms with van der Waals surface area (Å²) < 4.78 is 15.9. The van der Waals surface area contributed by atoms with E-state index in [9.17, 15) is 9.59 Å². The van der Waals surface area contributed by atoms with Crippen molar-refractivity contribution in [1.82, 2.24) is 5.32 Å². The van der Waals surface area contributed by atoms with Gasteiger partial charge in [0.15, 0.2) is 11.5 Å². The first-order valence-electron chi connectivity index (χ1n) is 7.86. The lowest BCUT2D eigenvalue weighted by molar-refractivity contribution is -0.120. The van der Waals surface area contributed by atoms with Crippen LogP contribution in [0.1, 0.15) is 4.88 Å². The maximum atomic E-state index is 12.1. The molecule has 7 nitrogen and oxygen atoms in total. The molecule has 3 heterocycles. The smallest absolute Gasteiger partial charge is 0.414 e. The first-order chi connectivity index (χ1) is 12.2. The highest BCUT2D eigenvalue weighted by Gasteiger charge is 2.33. The van der Waals surface area contributed by atoms with Gasteiger partial charge >= 0.3 is 6.09 Å². The van der Waals surface area contributed by atoms with Crippen molar-refractivity contribution in [3.8, 4) is 11.5 Å². The van der Waals surface area contributed by atoms with Crippen LogP contribution >= 0.6 is 11.3 Å². The van der Waals surface area contributed by atoms with Crippen LogP contribution in [-0.2, 0) is 16.0 Å². The number of cyclic esters (lactones) is 1. The molecule has 0 radical (unpaired) electrons. The van der Waals surface area contributed by atoms with Gasteiger partial charge < -0.3 is 19.5 Å². The summed E-state index contributed by atoms with van der Waals surface area (Å²) in [6.45, 7) is 0.844. The zero-order chi connectivity index (χ0) is 17.2. The Balaban J connectivity index is 1.33. The minimum atomic E-state index is -0.434. The lowest BCUT2D eigenvalue weighted by Gasteiger charge is -2.13. The maximum Gasteiger partial charge on any atom is 0.414 e. The van der Waals surface area contributed by atoms with E-state index >= 15 is 0 Å². The van der Waals surface area contributed by atoms with E-state index in [-0.39, 0.29) is 25.3 Å². The van der Waals surface area contributed by atoms with E-state index in [2.05, 4.69) is 5.32 Å². The molecule has 0 aliphatic carbocycles. The summed E-state index contributed by atoms with van der Waals surface area (Å²) in [5.74, 6) is 1.19. The Morgan fingerprint density at radius 3 is 3.00 bits per heavy atom. The van der Waals surface area contributed by atoms with Crippen molar-refractivity contribution in [2.45, 2.75) is 12.5 Å². The van der Waals surface area contributed by atoms with Crippen LogP contribution in [0.5, 0.6) is 11.5 Å². The van der Waals surface area contributed by atoms with Crippen molar-refractivity contribution in [1.29, 1.82) is 0 Å². The van der Waals surface area contributed by atoms with Gasteiger partial charge in [0.05, 0.1) is 25.2 Å². The second-order valence-electron chi connectivity index (χ2n) is 5.71. The fourth-order valence-corrected chi connectivity index (χ4v) is 3.46. The third-order valence-corrected chi connectivity index (χ3v) is 4.86. The zero-order valence-electron chi connectivity index (χ0n) is 13.3. The van der Waals surface area contributed by atoms with Gasteiger partial charge in [-0.15, -0.1) is 11.3 Å². The number of hydrogen-bond acceptors (Lipinski definition) is 6. The van der Waals surface area contributed by atoms with Crippen molar-refractivity contribution < 1.29 is 23.8 Å². The first-order valence-corrected chi connectivity index (χ1v) is 8.74. The van der Waals surface area contributed by atoms with Crippen molar-refractivity contribution >= 4 is 29.0 Å². The summed E-state index contributed by atoms with van der Waals surface area (Å²) in [4.78, 5) is 26.6. The molecular formula is C17H16N2O5S. The Hall–Kier alpha value is -2.74. The van der Waals surface area contributed by atoms with Crippen LogP contribution in [0, 0.1) is 0 Å². The highest BCUT2D eigenvalue weighted by atomic mass is 32.1. The van der Waals surface area contributed by atoms with Crippen LogP contribution in [0.3, 0.4) is 0 Å². The summed E-state index contributed by atoms with van der Waals surface area (Å²) in [7, 11) is 0. The number of ether oxygens (including phenoxy) is 3. The third-order valence-electron chi connectivity index (χ3n) is 3.98. The molecule has 2 aliphatic heterocycles. The van der Waals surface area contributed by atoms with Gasteiger partial charge in [0.1, 0.15) is 6.10 Å². The molecule has 0 saturated carbocycles. The van der Waals surface area contributed by atoms with E-state index in [4.69, 9.17) is 14.2 Å². The molecule has 4 rings (SSSR count). The molecule has 2 aromatic rings. The minimum Gasteiger partial charge on any atom is -0.454 e. The number of carbonyl (C=O) groups excluding carboxylic acids is 2. The first kappa shape index (κ1) is 15.8. The largest absolute Gasteiger partial charge is 0.454 e. The average molecular weight is 360 g/mol. The second-order valence-corrected chi connectivity index (χ2v) is 6.75. The van der Waals surface area contributed by atoms with Gasteiger partial charge in [-0.2, -0.15) is 0 Å². The van der Waals surface area contributed by atoms with Gasteiger partial charge in [0.25, 0.3) is 0 Å². The van der Waals surface area contributed by atoms with Crippen molar-refractivity contribution in [2.24, 2.45) is 0 Å². The Kier molecular flexibility index (Phi) is 4.19. The van der Waals surface area contributed by atoms with Crippen LogP contribution in [0.4, 0.5) is 10.5 Å². The number of fused-ring (bicyclic) bond motifs is 1. The zero-order valence-corrected chi connectivity index (χ0v) is 14.1. The molecule has 2 aliphatic rings.